The molecule has 4 heteroatoms. The summed E-state index contributed by atoms with van der Waals surface area (Å²) in [4.78, 5) is 10.8. The molecule has 0 saturated carbocycles. The Labute approximate surface area is 78.2 Å². The minimum Gasteiger partial charge on any atom is -0.468 e. The molecule has 0 spiro atoms. The molecule has 2 N–H and O–H groups in total. The molecule has 0 aromatic heterocycles. The van der Waals surface area contributed by atoms with Crippen LogP contribution in [0.5, 0.6) is 0 Å². The maximum absolute atomic E-state index is 10.8. The fourth-order valence-electron chi connectivity index (χ4n) is 0.905. The minimum absolute atomic E-state index is 0.333. The van der Waals surface area contributed by atoms with Crippen LogP contribution in [-0.2, 0) is 9.53 Å². The van der Waals surface area contributed by atoms with Crippen molar-refractivity contribution in [3.8, 4) is 0 Å². The summed E-state index contributed by atoms with van der Waals surface area (Å²) in [5.41, 5.74) is 5.50. The normalized spacial score (nSPS) is 12.6. The summed E-state index contributed by atoms with van der Waals surface area (Å²) in [6, 6.07) is -0.467. The lowest BCUT2D eigenvalue weighted by atomic mass is 10.1. The number of hydrogen-bond donors (Lipinski definition) is 1. The highest BCUT2D eigenvalue weighted by molar-refractivity contribution is 6.17. The fourth-order valence-corrected chi connectivity index (χ4v) is 1.09. The standard InChI is InChI=1S/C8H16ClNO2/c1-12-8(11)7(10)5-3-2-4-6-9/h7H,2-6,10H2,1H3. The van der Waals surface area contributed by atoms with Gasteiger partial charge in [-0.15, -0.1) is 11.6 Å². The van der Waals surface area contributed by atoms with Crippen molar-refractivity contribution in [1.82, 2.24) is 0 Å². The molecule has 0 amide bonds. The highest BCUT2D eigenvalue weighted by atomic mass is 35.5. The van der Waals surface area contributed by atoms with Gasteiger partial charge in [-0.2, -0.15) is 0 Å². The highest BCUT2D eigenvalue weighted by Gasteiger charge is 2.11. The predicted molar refractivity (Wildman–Crippen MR) is 49.2 cm³/mol. The number of ether oxygens (including phenoxy) is 1. The molecular weight excluding hydrogens is 178 g/mol. The van der Waals surface area contributed by atoms with Crippen molar-refractivity contribution in [2.75, 3.05) is 13.0 Å². The van der Waals surface area contributed by atoms with E-state index in [9.17, 15) is 4.79 Å². The van der Waals surface area contributed by atoms with Crippen LogP contribution in [0.1, 0.15) is 25.7 Å². The molecule has 0 aromatic carbocycles. The second-order valence-electron chi connectivity index (χ2n) is 2.67. The molecule has 0 heterocycles. The third-order valence-corrected chi connectivity index (χ3v) is 1.92. The predicted octanol–water partition coefficient (Wildman–Crippen LogP) is 1.29. The van der Waals surface area contributed by atoms with Gasteiger partial charge in [-0.05, 0) is 12.8 Å². The largest absolute Gasteiger partial charge is 0.468 e. The third-order valence-electron chi connectivity index (χ3n) is 1.65. The third kappa shape index (κ3) is 5.38. The number of halogens is 1. The van der Waals surface area contributed by atoms with Crippen LogP contribution in [0.3, 0.4) is 0 Å². The number of nitrogens with two attached hydrogens (primary N) is 1. The quantitative estimate of drug-likeness (QED) is 0.393. The Balaban J connectivity index is 3.31. The SMILES string of the molecule is COC(=O)C(N)CCCCCCl. The van der Waals surface area contributed by atoms with Gasteiger partial charge in [0, 0.05) is 5.88 Å². The number of hydrogen-bond acceptors (Lipinski definition) is 3. The summed E-state index contributed by atoms with van der Waals surface area (Å²) in [6.07, 6.45) is 3.62. The molecule has 12 heavy (non-hydrogen) atoms. The van der Waals surface area contributed by atoms with Gasteiger partial charge in [-0.1, -0.05) is 12.8 Å². The zero-order valence-corrected chi connectivity index (χ0v) is 8.14. The molecule has 1 atom stereocenters. The van der Waals surface area contributed by atoms with E-state index in [2.05, 4.69) is 4.74 Å². The minimum atomic E-state index is -0.467. The summed E-state index contributed by atoms with van der Waals surface area (Å²) >= 11 is 5.48. The average molecular weight is 194 g/mol. The molecule has 0 radical (unpaired) electrons. The Morgan fingerprint density at radius 2 is 2.17 bits per heavy atom. The number of carbonyl (C=O) groups is 1. The van der Waals surface area contributed by atoms with Crippen molar-refractivity contribution in [3.63, 3.8) is 0 Å². The van der Waals surface area contributed by atoms with Crippen LogP contribution in [0.15, 0.2) is 0 Å². The van der Waals surface area contributed by atoms with Gasteiger partial charge in [-0.25, -0.2) is 0 Å². The second kappa shape index (κ2) is 7.37. The van der Waals surface area contributed by atoms with Gasteiger partial charge in [0.15, 0.2) is 0 Å². The van der Waals surface area contributed by atoms with Crippen LogP contribution in [-0.4, -0.2) is 25.0 Å². The summed E-state index contributed by atoms with van der Waals surface area (Å²) in [5.74, 6) is 0.342. The molecule has 0 aromatic rings. The first kappa shape index (κ1) is 11.7. The van der Waals surface area contributed by atoms with Gasteiger partial charge in [0.25, 0.3) is 0 Å². The van der Waals surface area contributed by atoms with Gasteiger partial charge in [-0.3, -0.25) is 4.79 Å². The molecule has 0 aliphatic carbocycles. The zero-order valence-electron chi connectivity index (χ0n) is 7.38. The Morgan fingerprint density at radius 3 is 2.67 bits per heavy atom. The van der Waals surface area contributed by atoms with E-state index in [1.54, 1.807) is 0 Å². The second-order valence-corrected chi connectivity index (χ2v) is 3.05. The number of unbranched alkanes of at least 4 members (excludes halogenated alkanes) is 2. The summed E-state index contributed by atoms with van der Waals surface area (Å²) < 4.78 is 4.48. The van der Waals surface area contributed by atoms with Gasteiger partial charge < -0.3 is 10.5 Å². The van der Waals surface area contributed by atoms with Crippen molar-refractivity contribution >= 4 is 17.6 Å². The van der Waals surface area contributed by atoms with Crippen LogP contribution in [0.4, 0.5) is 0 Å². The highest BCUT2D eigenvalue weighted by Crippen LogP contribution is 2.03. The average Bonchev–Trinajstić information content (AvgIpc) is 2.10. The summed E-state index contributed by atoms with van der Waals surface area (Å²) in [6.45, 7) is 0. The Bertz CT molecular complexity index is 130. The number of carbonyl (C=O) groups excluding carboxylic acids is 1. The van der Waals surface area contributed by atoms with E-state index in [4.69, 9.17) is 17.3 Å². The first-order valence-corrected chi connectivity index (χ1v) is 4.65. The smallest absolute Gasteiger partial charge is 0.322 e. The van der Waals surface area contributed by atoms with Crippen molar-refractivity contribution in [1.29, 1.82) is 0 Å². The maximum Gasteiger partial charge on any atom is 0.322 e. The van der Waals surface area contributed by atoms with Gasteiger partial charge >= 0.3 is 5.97 Å². The van der Waals surface area contributed by atoms with E-state index >= 15 is 0 Å². The molecule has 0 saturated heterocycles. The molecule has 0 bridgehead atoms. The molecule has 0 fully saturated rings. The van der Waals surface area contributed by atoms with E-state index in [0.29, 0.717) is 12.3 Å². The lowest BCUT2D eigenvalue weighted by Crippen LogP contribution is -2.31. The fraction of sp³-hybridized carbons (Fsp3) is 0.875. The van der Waals surface area contributed by atoms with Gasteiger partial charge in [0.1, 0.15) is 6.04 Å². The first-order valence-electron chi connectivity index (χ1n) is 4.11. The summed E-state index contributed by atoms with van der Waals surface area (Å²) in [5, 5.41) is 0. The number of methoxy groups -OCH3 is 1. The topological polar surface area (TPSA) is 52.3 Å². The molecule has 72 valence electrons. The lowest BCUT2D eigenvalue weighted by Gasteiger charge is -2.07. The van der Waals surface area contributed by atoms with E-state index in [-0.39, 0.29) is 5.97 Å². The Hall–Kier alpha value is -0.280. The molecule has 0 aliphatic heterocycles. The molecular formula is C8H16ClNO2. The molecule has 1 unspecified atom stereocenters. The zero-order chi connectivity index (χ0) is 9.40. The van der Waals surface area contributed by atoms with E-state index in [1.165, 1.54) is 7.11 Å². The van der Waals surface area contributed by atoms with E-state index in [0.717, 1.165) is 19.3 Å². The first-order chi connectivity index (χ1) is 5.72. The van der Waals surface area contributed by atoms with Crippen molar-refractivity contribution in [2.24, 2.45) is 5.73 Å². The van der Waals surface area contributed by atoms with Crippen molar-refractivity contribution < 1.29 is 9.53 Å². The van der Waals surface area contributed by atoms with E-state index in [1.807, 2.05) is 0 Å². The molecule has 3 nitrogen and oxygen atoms in total. The van der Waals surface area contributed by atoms with E-state index < -0.39 is 6.04 Å². The van der Waals surface area contributed by atoms with Crippen LogP contribution >= 0.6 is 11.6 Å². The number of esters is 1. The number of alkyl halides is 1. The van der Waals surface area contributed by atoms with Crippen LogP contribution in [0.2, 0.25) is 0 Å². The monoisotopic (exact) mass is 193 g/mol. The Morgan fingerprint density at radius 1 is 1.50 bits per heavy atom. The van der Waals surface area contributed by atoms with Crippen LogP contribution in [0, 0.1) is 0 Å². The molecule has 0 rings (SSSR count). The van der Waals surface area contributed by atoms with Crippen molar-refractivity contribution in [2.45, 2.75) is 31.7 Å². The maximum atomic E-state index is 10.8. The van der Waals surface area contributed by atoms with Gasteiger partial charge in [0.05, 0.1) is 7.11 Å². The van der Waals surface area contributed by atoms with Crippen LogP contribution < -0.4 is 5.73 Å². The lowest BCUT2D eigenvalue weighted by molar-refractivity contribution is -0.142. The van der Waals surface area contributed by atoms with Crippen LogP contribution in [0.25, 0.3) is 0 Å². The Kier molecular flexibility index (Phi) is 7.20. The summed E-state index contributed by atoms with van der Waals surface area (Å²) in [7, 11) is 1.35. The molecule has 0 aliphatic rings. The van der Waals surface area contributed by atoms with Crippen molar-refractivity contribution in [3.05, 3.63) is 0 Å². The number of rotatable bonds is 6. The van der Waals surface area contributed by atoms with Gasteiger partial charge in [0.2, 0.25) is 0 Å².